The molecule has 0 aliphatic carbocycles. The zero-order chi connectivity index (χ0) is 10.6. The summed E-state index contributed by atoms with van der Waals surface area (Å²) in [7, 11) is -3.97. The molecule has 0 atom stereocenters. The Morgan fingerprint density at radius 1 is 1.29 bits per heavy atom. The number of benzene rings is 1. The Balaban J connectivity index is 2.95. The molecule has 0 bridgehead atoms. The second kappa shape index (κ2) is 4.56. The van der Waals surface area contributed by atoms with Gasteiger partial charge in [0.25, 0.3) is 0 Å². The summed E-state index contributed by atoms with van der Waals surface area (Å²) in [5, 5.41) is 0. The lowest BCUT2D eigenvalue weighted by molar-refractivity contribution is 0.371. The zero-order valence-electron chi connectivity index (χ0n) is 7.76. The molecule has 14 heavy (non-hydrogen) atoms. The highest BCUT2D eigenvalue weighted by molar-refractivity contribution is 7.50. The number of allylic oxidation sites excluding steroid dienone is 1. The van der Waals surface area contributed by atoms with E-state index in [2.05, 4.69) is 6.58 Å². The SMILES string of the molecule is C=CCc1ccccc1CP(=O)(O)O. The summed E-state index contributed by atoms with van der Waals surface area (Å²) in [5.41, 5.74) is 1.62. The Bertz CT molecular complexity index is 367. The predicted molar refractivity (Wildman–Crippen MR) is 56.1 cm³/mol. The highest BCUT2D eigenvalue weighted by Gasteiger charge is 2.15. The van der Waals surface area contributed by atoms with Crippen LogP contribution in [0.3, 0.4) is 0 Å². The van der Waals surface area contributed by atoms with E-state index in [0.29, 0.717) is 12.0 Å². The largest absolute Gasteiger partial charge is 0.329 e. The Morgan fingerprint density at radius 3 is 2.36 bits per heavy atom. The van der Waals surface area contributed by atoms with E-state index in [1.54, 1.807) is 18.2 Å². The summed E-state index contributed by atoms with van der Waals surface area (Å²) < 4.78 is 10.8. The van der Waals surface area contributed by atoms with E-state index in [1.807, 2.05) is 12.1 Å². The van der Waals surface area contributed by atoms with Gasteiger partial charge < -0.3 is 9.79 Å². The molecule has 3 nitrogen and oxygen atoms in total. The minimum Gasteiger partial charge on any atom is -0.324 e. The molecule has 0 saturated heterocycles. The van der Waals surface area contributed by atoms with Gasteiger partial charge in [0.2, 0.25) is 0 Å². The van der Waals surface area contributed by atoms with E-state index in [-0.39, 0.29) is 6.16 Å². The van der Waals surface area contributed by atoms with Crippen molar-refractivity contribution in [3.05, 3.63) is 48.0 Å². The van der Waals surface area contributed by atoms with Gasteiger partial charge in [-0.05, 0) is 17.5 Å². The summed E-state index contributed by atoms with van der Waals surface area (Å²) in [6.45, 7) is 3.60. The molecule has 1 rings (SSSR count). The summed E-state index contributed by atoms with van der Waals surface area (Å²) in [6, 6.07) is 7.21. The van der Waals surface area contributed by atoms with Crippen LogP contribution in [0, 0.1) is 0 Å². The molecule has 1 aromatic rings. The van der Waals surface area contributed by atoms with Crippen molar-refractivity contribution in [3.63, 3.8) is 0 Å². The molecule has 0 saturated carbocycles. The first kappa shape index (κ1) is 11.2. The van der Waals surface area contributed by atoms with E-state index in [0.717, 1.165) is 5.56 Å². The third kappa shape index (κ3) is 3.46. The van der Waals surface area contributed by atoms with Crippen LogP contribution in [0.2, 0.25) is 0 Å². The van der Waals surface area contributed by atoms with Gasteiger partial charge in [-0.15, -0.1) is 6.58 Å². The van der Waals surface area contributed by atoms with Crippen LogP contribution >= 0.6 is 7.60 Å². The van der Waals surface area contributed by atoms with Crippen LogP contribution in [0.4, 0.5) is 0 Å². The Kier molecular flexibility index (Phi) is 3.64. The van der Waals surface area contributed by atoms with Gasteiger partial charge >= 0.3 is 7.60 Å². The van der Waals surface area contributed by atoms with E-state index in [1.165, 1.54) is 0 Å². The molecule has 0 fully saturated rings. The van der Waals surface area contributed by atoms with Crippen LogP contribution in [0.5, 0.6) is 0 Å². The molecular weight excluding hydrogens is 199 g/mol. The maximum absolute atomic E-state index is 10.8. The third-order valence-corrected chi connectivity index (χ3v) is 2.61. The van der Waals surface area contributed by atoms with Crippen molar-refractivity contribution in [3.8, 4) is 0 Å². The van der Waals surface area contributed by atoms with Gasteiger partial charge in [-0.2, -0.15) is 0 Å². The smallest absolute Gasteiger partial charge is 0.324 e. The van der Waals surface area contributed by atoms with Gasteiger partial charge in [0, 0.05) is 0 Å². The van der Waals surface area contributed by atoms with E-state index in [4.69, 9.17) is 9.79 Å². The maximum atomic E-state index is 10.8. The summed E-state index contributed by atoms with van der Waals surface area (Å²) in [4.78, 5) is 17.7. The van der Waals surface area contributed by atoms with Crippen LogP contribution in [0.25, 0.3) is 0 Å². The number of hydrogen-bond acceptors (Lipinski definition) is 1. The first-order chi connectivity index (χ1) is 6.53. The quantitative estimate of drug-likeness (QED) is 0.593. The second-order valence-corrected chi connectivity index (χ2v) is 4.73. The van der Waals surface area contributed by atoms with Crippen molar-refractivity contribution in [1.29, 1.82) is 0 Å². The second-order valence-electron chi connectivity index (χ2n) is 3.08. The number of rotatable bonds is 4. The number of hydrogen-bond donors (Lipinski definition) is 2. The molecule has 0 spiro atoms. The fourth-order valence-electron chi connectivity index (χ4n) is 1.29. The molecular formula is C10H13O3P. The topological polar surface area (TPSA) is 57.5 Å². The molecule has 0 aromatic heterocycles. The molecule has 0 radical (unpaired) electrons. The van der Waals surface area contributed by atoms with E-state index < -0.39 is 7.60 Å². The minimum absolute atomic E-state index is 0.197. The van der Waals surface area contributed by atoms with Gasteiger partial charge in [-0.3, -0.25) is 4.57 Å². The first-order valence-corrected chi connectivity index (χ1v) is 6.05. The lowest BCUT2D eigenvalue weighted by Gasteiger charge is -2.08. The average molecular weight is 212 g/mol. The Labute approximate surface area is 83.3 Å². The first-order valence-electron chi connectivity index (χ1n) is 4.25. The van der Waals surface area contributed by atoms with Crippen LogP contribution in [0.15, 0.2) is 36.9 Å². The highest BCUT2D eigenvalue weighted by Crippen LogP contribution is 2.39. The lowest BCUT2D eigenvalue weighted by Crippen LogP contribution is -1.93. The Morgan fingerprint density at radius 2 is 1.86 bits per heavy atom. The molecule has 0 heterocycles. The molecule has 76 valence electrons. The highest BCUT2D eigenvalue weighted by atomic mass is 31.2. The van der Waals surface area contributed by atoms with Gasteiger partial charge in [-0.1, -0.05) is 30.3 Å². The monoisotopic (exact) mass is 212 g/mol. The van der Waals surface area contributed by atoms with Crippen molar-refractivity contribution in [2.24, 2.45) is 0 Å². The van der Waals surface area contributed by atoms with Gasteiger partial charge in [-0.25, -0.2) is 0 Å². The normalized spacial score (nSPS) is 11.3. The Hall–Kier alpha value is -0.890. The van der Waals surface area contributed by atoms with Crippen LogP contribution in [-0.2, 0) is 17.1 Å². The van der Waals surface area contributed by atoms with Crippen molar-refractivity contribution in [1.82, 2.24) is 0 Å². The lowest BCUT2D eigenvalue weighted by atomic mass is 10.1. The van der Waals surface area contributed by atoms with Gasteiger partial charge in [0.05, 0.1) is 6.16 Å². The fraction of sp³-hybridized carbons (Fsp3) is 0.200. The molecule has 0 unspecified atom stereocenters. The molecule has 1 aromatic carbocycles. The van der Waals surface area contributed by atoms with Gasteiger partial charge in [0.15, 0.2) is 0 Å². The zero-order valence-corrected chi connectivity index (χ0v) is 8.65. The molecule has 4 heteroatoms. The van der Waals surface area contributed by atoms with Crippen LogP contribution < -0.4 is 0 Å². The van der Waals surface area contributed by atoms with Crippen molar-refractivity contribution in [2.75, 3.05) is 0 Å². The summed E-state index contributed by atoms with van der Waals surface area (Å²) in [5.74, 6) is 0. The van der Waals surface area contributed by atoms with Crippen LogP contribution in [-0.4, -0.2) is 9.79 Å². The van der Waals surface area contributed by atoms with Crippen molar-refractivity contribution >= 4 is 7.60 Å². The minimum atomic E-state index is -3.97. The summed E-state index contributed by atoms with van der Waals surface area (Å²) >= 11 is 0. The van der Waals surface area contributed by atoms with Crippen molar-refractivity contribution < 1.29 is 14.4 Å². The standard InChI is InChI=1S/C10H13O3P/c1-2-5-9-6-3-4-7-10(9)8-14(11,12)13/h2-4,6-7H,1,5,8H2,(H2,11,12,13). The maximum Gasteiger partial charge on any atom is 0.329 e. The fourth-order valence-corrected chi connectivity index (χ4v) is 2.04. The summed E-state index contributed by atoms with van der Waals surface area (Å²) in [6.07, 6.45) is 2.16. The molecule has 0 aliphatic rings. The van der Waals surface area contributed by atoms with E-state index in [9.17, 15) is 4.57 Å². The molecule has 0 aliphatic heterocycles. The van der Waals surface area contributed by atoms with E-state index >= 15 is 0 Å². The van der Waals surface area contributed by atoms with Crippen molar-refractivity contribution in [2.45, 2.75) is 12.6 Å². The molecule has 0 amide bonds. The average Bonchev–Trinajstić information content (AvgIpc) is 2.06. The molecule has 2 N–H and O–H groups in total. The predicted octanol–water partition coefficient (Wildman–Crippen LogP) is 2.09. The van der Waals surface area contributed by atoms with Gasteiger partial charge in [0.1, 0.15) is 0 Å². The third-order valence-electron chi connectivity index (χ3n) is 1.86. The van der Waals surface area contributed by atoms with Crippen LogP contribution in [0.1, 0.15) is 11.1 Å².